The van der Waals surface area contributed by atoms with E-state index in [1.807, 2.05) is 0 Å². The van der Waals surface area contributed by atoms with Crippen LogP contribution in [0.1, 0.15) is 16.1 Å². The molecule has 0 amide bonds. The van der Waals surface area contributed by atoms with E-state index < -0.39 is 33.7 Å². The molecule has 116 valence electrons. The van der Waals surface area contributed by atoms with Crippen LogP contribution in [0.25, 0.3) is 0 Å². The molecule has 0 spiro atoms. The molecule has 0 aliphatic carbocycles. The minimum Gasteiger partial charge on any atom is -0.475 e. The molecule has 1 aromatic heterocycles. The third-order valence-corrected chi connectivity index (χ3v) is 4.64. The second kappa shape index (κ2) is 6.30. The normalized spacial score (nSPS) is 11.3. The fourth-order valence-electron chi connectivity index (χ4n) is 1.70. The lowest BCUT2D eigenvalue weighted by molar-refractivity contribution is 0.0657. The van der Waals surface area contributed by atoms with E-state index in [-0.39, 0.29) is 15.5 Å². The Morgan fingerprint density at radius 2 is 1.95 bits per heavy atom. The maximum atomic E-state index is 12.1. The predicted octanol–water partition coefficient (Wildman–Crippen LogP) is 1.47. The molecule has 2 aromatic rings. The van der Waals surface area contributed by atoms with Gasteiger partial charge in [-0.05, 0) is 12.1 Å². The van der Waals surface area contributed by atoms with Gasteiger partial charge >= 0.3 is 5.97 Å². The van der Waals surface area contributed by atoms with Crippen molar-refractivity contribution in [1.82, 2.24) is 4.72 Å². The Balaban J connectivity index is 2.33. The molecule has 0 aliphatic rings. The van der Waals surface area contributed by atoms with Gasteiger partial charge in [-0.15, -0.1) is 0 Å². The molecule has 0 saturated carbocycles. The van der Waals surface area contributed by atoms with Crippen molar-refractivity contribution in [3.05, 3.63) is 63.2 Å². The Bertz CT molecular complexity index is 874. The molecule has 0 bridgehead atoms. The predicted molar refractivity (Wildman–Crippen MR) is 77.4 cm³/mol. The number of carboxylic acids is 1. The molecule has 1 aromatic carbocycles. The van der Waals surface area contributed by atoms with Crippen molar-refractivity contribution in [3.63, 3.8) is 0 Å². The lowest BCUT2D eigenvalue weighted by Gasteiger charge is -2.08. The molecule has 7 nitrogen and oxygen atoms in total. The quantitative estimate of drug-likeness (QED) is 0.849. The van der Waals surface area contributed by atoms with Crippen LogP contribution in [0.5, 0.6) is 0 Å². The molecule has 0 saturated heterocycles. The van der Waals surface area contributed by atoms with Crippen LogP contribution < -0.4 is 10.2 Å². The number of hydrogen-bond donors (Lipinski definition) is 2. The monoisotopic (exact) mass is 343 g/mol. The number of halogens is 1. The zero-order chi connectivity index (χ0) is 16.3. The molecule has 0 unspecified atom stereocenters. The summed E-state index contributed by atoms with van der Waals surface area (Å²) in [5.74, 6) is -2.08. The number of aromatic carboxylic acids is 1. The summed E-state index contributed by atoms with van der Waals surface area (Å²) in [6, 6.07) is 6.74. The summed E-state index contributed by atoms with van der Waals surface area (Å²) >= 11 is 5.81. The highest BCUT2D eigenvalue weighted by Crippen LogP contribution is 2.20. The van der Waals surface area contributed by atoms with Crippen molar-refractivity contribution in [2.75, 3.05) is 0 Å². The van der Waals surface area contributed by atoms with Gasteiger partial charge < -0.3 is 9.52 Å². The summed E-state index contributed by atoms with van der Waals surface area (Å²) in [7, 11) is -4.00. The maximum absolute atomic E-state index is 12.1. The Morgan fingerprint density at radius 1 is 1.27 bits per heavy atom. The van der Waals surface area contributed by atoms with E-state index in [1.54, 1.807) is 6.07 Å². The number of sulfonamides is 1. The van der Waals surface area contributed by atoms with Gasteiger partial charge in [-0.3, -0.25) is 4.79 Å². The first-order chi connectivity index (χ1) is 10.3. The van der Waals surface area contributed by atoms with Crippen molar-refractivity contribution in [2.24, 2.45) is 0 Å². The Kier molecular flexibility index (Phi) is 4.65. The second-order valence-electron chi connectivity index (χ2n) is 4.15. The van der Waals surface area contributed by atoms with Crippen molar-refractivity contribution >= 4 is 27.6 Å². The maximum Gasteiger partial charge on any atom is 0.372 e. The van der Waals surface area contributed by atoms with Crippen molar-refractivity contribution < 1.29 is 22.7 Å². The largest absolute Gasteiger partial charge is 0.475 e. The Hall–Kier alpha value is -2.16. The van der Waals surface area contributed by atoms with Gasteiger partial charge in [-0.25, -0.2) is 17.9 Å². The number of benzene rings is 1. The van der Waals surface area contributed by atoms with E-state index in [0.29, 0.717) is 0 Å². The van der Waals surface area contributed by atoms with Crippen LogP contribution in [0.2, 0.25) is 5.02 Å². The van der Waals surface area contributed by atoms with Crippen molar-refractivity contribution in [2.45, 2.75) is 11.4 Å². The highest BCUT2D eigenvalue weighted by Gasteiger charge is 2.21. The fraction of sp³-hybridized carbons (Fsp3) is 0.0769. The lowest BCUT2D eigenvalue weighted by atomic mass is 10.2. The minimum absolute atomic E-state index is 0.00792. The lowest BCUT2D eigenvalue weighted by Crippen LogP contribution is -2.28. The van der Waals surface area contributed by atoms with Gasteiger partial charge in [0.05, 0.1) is 16.8 Å². The van der Waals surface area contributed by atoms with Gasteiger partial charge in [-0.2, -0.15) is 0 Å². The molecule has 2 rings (SSSR count). The highest BCUT2D eigenvalue weighted by molar-refractivity contribution is 7.89. The molecule has 9 heteroatoms. The second-order valence-corrected chi connectivity index (χ2v) is 6.30. The molecule has 0 fully saturated rings. The smallest absolute Gasteiger partial charge is 0.372 e. The summed E-state index contributed by atoms with van der Waals surface area (Å²) in [4.78, 5) is 22.5. The Morgan fingerprint density at radius 3 is 2.59 bits per heavy atom. The van der Waals surface area contributed by atoms with Crippen molar-refractivity contribution in [3.8, 4) is 0 Å². The van der Waals surface area contributed by atoms with E-state index in [0.717, 1.165) is 12.3 Å². The van der Waals surface area contributed by atoms with Crippen LogP contribution in [0, 0.1) is 0 Å². The standard InChI is InChI=1S/C13H10ClNO6S/c14-9-3-1-2-4-11(9)22(19,20)15-7-8-10(16)5-6-21-12(8)13(17)18/h1-6,15H,7H2,(H,17,18). The van der Waals surface area contributed by atoms with Crippen LogP contribution in [0.3, 0.4) is 0 Å². The fourth-order valence-corrected chi connectivity index (χ4v) is 3.21. The number of rotatable bonds is 5. The average Bonchev–Trinajstić information content (AvgIpc) is 2.46. The summed E-state index contributed by atoms with van der Waals surface area (Å²) in [6.07, 6.45) is 0.928. The molecule has 0 radical (unpaired) electrons. The van der Waals surface area contributed by atoms with E-state index in [4.69, 9.17) is 21.1 Å². The minimum atomic E-state index is -4.00. The third kappa shape index (κ3) is 3.35. The zero-order valence-electron chi connectivity index (χ0n) is 10.9. The molecule has 22 heavy (non-hydrogen) atoms. The molecule has 0 atom stereocenters. The van der Waals surface area contributed by atoms with Crippen LogP contribution in [0.15, 0.2) is 50.7 Å². The third-order valence-electron chi connectivity index (χ3n) is 2.74. The topological polar surface area (TPSA) is 114 Å². The van der Waals surface area contributed by atoms with Gasteiger partial charge in [0.25, 0.3) is 0 Å². The molecule has 2 N–H and O–H groups in total. The van der Waals surface area contributed by atoms with E-state index in [2.05, 4.69) is 4.72 Å². The van der Waals surface area contributed by atoms with E-state index >= 15 is 0 Å². The SMILES string of the molecule is O=C(O)c1occc(=O)c1CNS(=O)(=O)c1ccccc1Cl. The first kappa shape index (κ1) is 16.2. The number of carboxylic acid groups (broad SMARTS) is 1. The van der Waals surface area contributed by atoms with Crippen LogP contribution in [-0.2, 0) is 16.6 Å². The molecular weight excluding hydrogens is 334 g/mol. The summed E-state index contributed by atoms with van der Waals surface area (Å²) in [5.41, 5.74) is -0.948. The highest BCUT2D eigenvalue weighted by atomic mass is 35.5. The van der Waals surface area contributed by atoms with E-state index in [9.17, 15) is 18.0 Å². The summed E-state index contributed by atoms with van der Waals surface area (Å²) < 4.78 is 31.2. The van der Waals surface area contributed by atoms with Gasteiger partial charge in [0.1, 0.15) is 4.90 Å². The van der Waals surface area contributed by atoms with Gasteiger partial charge in [0, 0.05) is 12.6 Å². The Labute approximate surface area is 130 Å². The molecule has 0 aliphatic heterocycles. The van der Waals surface area contributed by atoms with Crippen LogP contribution in [0.4, 0.5) is 0 Å². The molecule has 1 heterocycles. The van der Waals surface area contributed by atoms with Gasteiger partial charge in [-0.1, -0.05) is 23.7 Å². The summed E-state index contributed by atoms with van der Waals surface area (Å²) in [5, 5.41) is 8.96. The number of carbonyl (C=O) groups is 1. The van der Waals surface area contributed by atoms with Crippen molar-refractivity contribution in [1.29, 1.82) is 0 Å². The first-order valence-corrected chi connectivity index (χ1v) is 7.77. The van der Waals surface area contributed by atoms with Crippen LogP contribution in [-0.4, -0.2) is 19.5 Å². The van der Waals surface area contributed by atoms with Gasteiger partial charge in [0.2, 0.25) is 15.8 Å². The zero-order valence-corrected chi connectivity index (χ0v) is 12.5. The van der Waals surface area contributed by atoms with Crippen LogP contribution >= 0.6 is 11.6 Å². The average molecular weight is 344 g/mol. The molecular formula is C13H10ClNO6S. The van der Waals surface area contributed by atoms with Gasteiger partial charge in [0.15, 0.2) is 5.43 Å². The number of nitrogens with one attached hydrogen (secondary N) is 1. The first-order valence-electron chi connectivity index (χ1n) is 5.91. The van der Waals surface area contributed by atoms with E-state index in [1.165, 1.54) is 18.2 Å². The number of hydrogen-bond acceptors (Lipinski definition) is 5. The summed E-state index contributed by atoms with van der Waals surface area (Å²) in [6.45, 7) is -0.529.